The third kappa shape index (κ3) is 6.74. The smallest absolute Gasteiger partial charge is 0.0107 e. The van der Waals surface area contributed by atoms with Crippen LogP contribution in [0.25, 0.3) is 0 Å². The van der Waals surface area contributed by atoms with Gasteiger partial charge in [-0.1, -0.05) is 43.7 Å². The molecule has 0 saturated heterocycles. The molecule has 1 rings (SSSR count). The molecule has 0 aliphatic heterocycles. The van der Waals surface area contributed by atoms with Gasteiger partial charge in [-0.15, -0.1) is 0 Å². The van der Waals surface area contributed by atoms with E-state index in [4.69, 9.17) is 0 Å². The Kier molecular flexibility index (Phi) is 7.76. The van der Waals surface area contributed by atoms with Crippen molar-refractivity contribution < 1.29 is 0 Å². The highest BCUT2D eigenvalue weighted by Crippen LogP contribution is 2.07. The summed E-state index contributed by atoms with van der Waals surface area (Å²) in [6.07, 6.45) is 2.38. The molecule has 1 atom stereocenters. The highest BCUT2D eigenvalue weighted by atomic mass is 15.1. The minimum atomic E-state index is 0.594. The molecule has 0 saturated carbocycles. The van der Waals surface area contributed by atoms with Gasteiger partial charge in [0.05, 0.1) is 0 Å². The van der Waals surface area contributed by atoms with Crippen LogP contribution in [-0.4, -0.2) is 37.1 Å². The lowest BCUT2D eigenvalue weighted by molar-refractivity contribution is 0.296. The van der Waals surface area contributed by atoms with E-state index in [2.05, 4.69) is 62.2 Å². The number of likely N-dealkylation sites (N-methyl/N-ethyl adjacent to an activating group) is 1. The van der Waals surface area contributed by atoms with E-state index in [0.717, 1.165) is 26.2 Å². The molecule has 0 aliphatic carbocycles. The summed E-state index contributed by atoms with van der Waals surface area (Å²) in [5.41, 5.74) is 2.82. The van der Waals surface area contributed by atoms with Crippen LogP contribution in [0.5, 0.6) is 0 Å². The van der Waals surface area contributed by atoms with E-state index in [1.54, 1.807) is 0 Å². The molecule has 1 unspecified atom stereocenters. The van der Waals surface area contributed by atoms with Crippen molar-refractivity contribution in [3.63, 3.8) is 0 Å². The van der Waals surface area contributed by atoms with Crippen molar-refractivity contribution in [2.75, 3.05) is 26.2 Å². The molecule has 0 fully saturated rings. The van der Waals surface area contributed by atoms with E-state index >= 15 is 0 Å². The summed E-state index contributed by atoms with van der Waals surface area (Å²) < 4.78 is 0. The Labute approximate surface area is 119 Å². The second kappa shape index (κ2) is 9.11. The van der Waals surface area contributed by atoms with Crippen LogP contribution in [0.1, 0.15) is 38.3 Å². The van der Waals surface area contributed by atoms with Crippen LogP contribution in [0.4, 0.5) is 0 Å². The Bertz CT molecular complexity index is 345. The van der Waals surface area contributed by atoms with E-state index in [0.29, 0.717) is 6.04 Å². The number of rotatable bonds is 9. The molecule has 2 heteroatoms. The second-order valence-electron chi connectivity index (χ2n) is 5.41. The quantitative estimate of drug-likeness (QED) is 0.735. The predicted octanol–water partition coefficient (Wildman–Crippen LogP) is 3.25. The van der Waals surface area contributed by atoms with Crippen molar-refractivity contribution in [2.24, 2.45) is 0 Å². The summed E-state index contributed by atoms with van der Waals surface area (Å²) in [6.45, 7) is 13.5. The monoisotopic (exact) mass is 262 g/mol. The van der Waals surface area contributed by atoms with Crippen molar-refractivity contribution in [3.05, 3.63) is 35.4 Å². The number of aryl methyl sites for hydroxylation is 2. The van der Waals surface area contributed by atoms with Crippen molar-refractivity contribution in [1.82, 2.24) is 10.2 Å². The Morgan fingerprint density at radius 1 is 1.21 bits per heavy atom. The molecule has 0 spiro atoms. The summed E-state index contributed by atoms with van der Waals surface area (Å²) in [4.78, 5) is 2.46. The van der Waals surface area contributed by atoms with Crippen molar-refractivity contribution in [3.8, 4) is 0 Å². The third-order valence-corrected chi connectivity index (χ3v) is 3.76. The van der Waals surface area contributed by atoms with Gasteiger partial charge < -0.3 is 10.2 Å². The minimum absolute atomic E-state index is 0.594. The van der Waals surface area contributed by atoms with E-state index in [1.807, 2.05) is 0 Å². The van der Waals surface area contributed by atoms with Crippen molar-refractivity contribution >= 4 is 0 Å². The zero-order chi connectivity index (χ0) is 14.1. The zero-order valence-electron chi connectivity index (χ0n) is 13.1. The van der Waals surface area contributed by atoms with Gasteiger partial charge in [0.2, 0.25) is 0 Å². The topological polar surface area (TPSA) is 15.3 Å². The maximum atomic E-state index is 3.62. The maximum absolute atomic E-state index is 3.62. The second-order valence-corrected chi connectivity index (χ2v) is 5.41. The van der Waals surface area contributed by atoms with Crippen LogP contribution in [-0.2, 0) is 6.42 Å². The largest absolute Gasteiger partial charge is 0.313 e. The molecule has 0 amide bonds. The zero-order valence-corrected chi connectivity index (χ0v) is 13.1. The average Bonchev–Trinajstić information content (AvgIpc) is 2.41. The van der Waals surface area contributed by atoms with Crippen molar-refractivity contribution in [2.45, 2.75) is 46.6 Å². The third-order valence-electron chi connectivity index (χ3n) is 3.76. The number of nitrogens with one attached hydrogen (secondary N) is 1. The average molecular weight is 262 g/mol. The number of nitrogens with zero attached hydrogens (tertiary/aromatic N) is 1. The van der Waals surface area contributed by atoms with Gasteiger partial charge in [0, 0.05) is 19.1 Å². The van der Waals surface area contributed by atoms with Gasteiger partial charge in [-0.05, 0) is 45.3 Å². The highest BCUT2D eigenvalue weighted by molar-refractivity contribution is 5.22. The fraction of sp³-hybridized carbons (Fsp3) is 0.647. The Morgan fingerprint density at radius 3 is 2.58 bits per heavy atom. The van der Waals surface area contributed by atoms with Gasteiger partial charge in [0.15, 0.2) is 0 Å². The minimum Gasteiger partial charge on any atom is -0.313 e. The van der Waals surface area contributed by atoms with Crippen LogP contribution in [0, 0.1) is 6.92 Å². The van der Waals surface area contributed by atoms with Gasteiger partial charge in [-0.25, -0.2) is 0 Å². The lowest BCUT2D eigenvalue weighted by Gasteiger charge is -2.20. The molecule has 2 nitrogen and oxygen atoms in total. The lowest BCUT2D eigenvalue weighted by atomic mass is 10.0. The lowest BCUT2D eigenvalue weighted by Crippen LogP contribution is -2.36. The summed E-state index contributed by atoms with van der Waals surface area (Å²) in [6, 6.07) is 9.44. The summed E-state index contributed by atoms with van der Waals surface area (Å²) >= 11 is 0. The molecule has 0 heterocycles. The number of benzene rings is 1. The van der Waals surface area contributed by atoms with E-state index in [-0.39, 0.29) is 0 Å². The molecule has 0 radical (unpaired) electrons. The van der Waals surface area contributed by atoms with E-state index in [9.17, 15) is 0 Å². The molecule has 0 bridgehead atoms. The van der Waals surface area contributed by atoms with Crippen LogP contribution < -0.4 is 5.32 Å². The highest BCUT2D eigenvalue weighted by Gasteiger charge is 2.03. The first kappa shape index (κ1) is 16.2. The van der Waals surface area contributed by atoms with Gasteiger partial charge in [0.1, 0.15) is 0 Å². The molecular weight excluding hydrogens is 232 g/mol. The van der Waals surface area contributed by atoms with Crippen LogP contribution in [0.15, 0.2) is 24.3 Å². The summed E-state index contributed by atoms with van der Waals surface area (Å²) in [5, 5.41) is 3.62. The molecule has 0 aromatic heterocycles. The Morgan fingerprint density at radius 2 is 1.95 bits per heavy atom. The van der Waals surface area contributed by atoms with Crippen LogP contribution in [0.3, 0.4) is 0 Å². The van der Waals surface area contributed by atoms with Crippen LogP contribution in [0.2, 0.25) is 0 Å². The van der Waals surface area contributed by atoms with Gasteiger partial charge in [-0.3, -0.25) is 0 Å². The molecule has 108 valence electrons. The SMILES string of the molecule is CCN(CC)CCNC(C)CCc1cccc(C)c1. The number of hydrogen-bond acceptors (Lipinski definition) is 2. The van der Waals surface area contributed by atoms with E-state index in [1.165, 1.54) is 24.0 Å². The summed E-state index contributed by atoms with van der Waals surface area (Å²) in [5.74, 6) is 0. The molecular formula is C17H30N2. The Balaban J connectivity index is 2.19. The fourth-order valence-corrected chi connectivity index (χ4v) is 2.36. The van der Waals surface area contributed by atoms with Gasteiger partial charge >= 0.3 is 0 Å². The first-order valence-electron chi connectivity index (χ1n) is 7.67. The summed E-state index contributed by atoms with van der Waals surface area (Å²) in [7, 11) is 0. The molecule has 0 aliphatic rings. The van der Waals surface area contributed by atoms with Crippen molar-refractivity contribution in [1.29, 1.82) is 0 Å². The first-order chi connectivity index (χ1) is 9.15. The maximum Gasteiger partial charge on any atom is 0.0107 e. The number of hydrogen-bond donors (Lipinski definition) is 1. The molecule has 1 aromatic rings. The standard InChI is InChI=1S/C17H30N2/c1-5-19(6-2)13-12-18-16(4)10-11-17-9-7-8-15(3)14-17/h7-9,14,16,18H,5-6,10-13H2,1-4H3. The molecule has 1 aromatic carbocycles. The predicted molar refractivity (Wildman–Crippen MR) is 84.8 cm³/mol. The normalized spacial score (nSPS) is 12.9. The Hall–Kier alpha value is -0.860. The molecule has 19 heavy (non-hydrogen) atoms. The van der Waals surface area contributed by atoms with E-state index < -0.39 is 0 Å². The fourth-order valence-electron chi connectivity index (χ4n) is 2.36. The molecule has 1 N–H and O–H groups in total. The van der Waals surface area contributed by atoms with Gasteiger partial charge in [0.25, 0.3) is 0 Å². The van der Waals surface area contributed by atoms with Crippen LogP contribution >= 0.6 is 0 Å². The first-order valence-corrected chi connectivity index (χ1v) is 7.67. The van der Waals surface area contributed by atoms with Gasteiger partial charge in [-0.2, -0.15) is 0 Å².